The summed E-state index contributed by atoms with van der Waals surface area (Å²) in [6, 6.07) is 2.54. The summed E-state index contributed by atoms with van der Waals surface area (Å²) in [7, 11) is 0. The molecule has 1 aromatic heterocycles. The van der Waals surface area contributed by atoms with Gasteiger partial charge in [0.05, 0.1) is 12.0 Å². The second kappa shape index (κ2) is 5.21. The van der Waals surface area contributed by atoms with Crippen LogP contribution in [0.15, 0.2) is 17.2 Å². The molecule has 1 aliphatic rings. The lowest BCUT2D eigenvalue weighted by molar-refractivity contribution is 0.651. The minimum Gasteiger partial charge on any atom is -0.351 e. The number of hydrogen-bond acceptors (Lipinski definition) is 4. The Morgan fingerprint density at radius 2 is 2.39 bits per heavy atom. The second-order valence-electron chi connectivity index (χ2n) is 4.76. The Labute approximate surface area is 107 Å². The van der Waals surface area contributed by atoms with Crippen LogP contribution < -0.4 is 10.5 Å². The quantitative estimate of drug-likeness (QED) is 0.791. The maximum atomic E-state index is 12.3. The molecule has 0 radical (unpaired) electrons. The van der Waals surface area contributed by atoms with Gasteiger partial charge in [0.25, 0.3) is 5.56 Å². The fourth-order valence-electron chi connectivity index (χ4n) is 2.01. The van der Waals surface area contributed by atoms with E-state index < -0.39 is 0 Å². The predicted octanol–water partition coefficient (Wildman–Crippen LogP) is 1.56. The van der Waals surface area contributed by atoms with Crippen molar-refractivity contribution >= 4 is 5.82 Å². The molecule has 0 amide bonds. The van der Waals surface area contributed by atoms with Crippen molar-refractivity contribution in [3.63, 3.8) is 0 Å². The first-order chi connectivity index (χ1) is 8.67. The smallest absolute Gasteiger partial charge is 0.293 e. The van der Waals surface area contributed by atoms with Crippen molar-refractivity contribution in [3.05, 3.63) is 22.7 Å². The average molecular weight is 246 g/mol. The molecule has 1 heterocycles. The number of rotatable bonds is 5. The molecule has 18 heavy (non-hydrogen) atoms. The first-order valence-corrected chi connectivity index (χ1v) is 6.39. The molecule has 1 atom stereocenters. The monoisotopic (exact) mass is 246 g/mol. The summed E-state index contributed by atoms with van der Waals surface area (Å²) in [4.78, 5) is 18.4. The topological polar surface area (TPSA) is 61.9 Å². The molecule has 0 aromatic carbocycles. The zero-order chi connectivity index (χ0) is 13.1. The summed E-state index contributed by atoms with van der Waals surface area (Å²) in [6.07, 6.45) is 5.58. The highest BCUT2D eigenvalue weighted by molar-refractivity contribution is 5.36. The molecular weight excluding hydrogens is 228 g/mol. The van der Waals surface area contributed by atoms with Gasteiger partial charge < -0.3 is 9.47 Å². The molecule has 96 valence electrons. The summed E-state index contributed by atoms with van der Waals surface area (Å²) in [5.41, 5.74) is -0.0352. The van der Waals surface area contributed by atoms with E-state index in [1.807, 2.05) is 18.7 Å². The lowest BCUT2D eigenvalue weighted by Gasteiger charge is -2.22. The fraction of sp³-hybridized carbons (Fsp3) is 0.615. The Kier molecular flexibility index (Phi) is 3.66. The van der Waals surface area contributed by atoms with Crippen molar-refractivity contribution in [1.82, 2.24) is 9.55 Å². The molecule has 5 heteroatoms. The van der Waals surface area contributed by atoms with Crippen LogP contribution in [0.25, 0.3) is 0 Å². The van der Waals surface area contributed by atoms with E-state index in [-0.39, 0.29) is 11.5 Å². The Hall–Kier alpha value is -1.83. The van der Waals surface area contributed by atoms with Crippen LogP contribution in [-0.2, 0) is 0 Å². The van der Waals surface area contributed by atoms with Gasteiger partial charge in [-0.2, -0.15) is 5.26 Å². The van der Waals surface area contributed by atoms with Crippen LogP contribution in [0.3, 0.4) is 0 Å². The van der Waals surface area contributed by atoms with E-state index in [0.29, 0.717) is 24.9 Å². The average Bonchev–Trinajstić information content (AvgIpc) is 3.20. The summed E-state index contributed by atoms with van der Waals surface area (Å²) in [5.74, 6) is 0.356. The van der Waals surface area contributed by atoms with Gasteiger partial charge in [0.15, 0.2) is 5.82 Å². The van der Waals surface area contributed by atoms with Gasteiger partial charge in [-0.25, -0.2) is 4.98 Å². The van der Waals surface area contributed by atoms with Crippen LogP contribution in [0.5, 0.6) is 0 Å². The van der Waals surface area contributed by atoms with Crippen LogP contribution >= 0.6 is 0 Å². The van der Waals surface area contributed by atoms with Gasteiger partial charge in [-0.3, -0.25) is 4.79 Å². The summed E-state index contributed by atoms with van der Waals surface area (Å²) >= 11 is 0. The maximum Gasteiger partial charge on any atom is 0.293 e. The fourth-order valence-corrected chi connectivity index (χ4v) is 2.01. The minimum absolute atomic E-state index is 0.0352. The van der Waals surface area contributed by atoms with Crippen molar-refractivity contribution in [2.75, 3.05) is 18.0 Å². The SMILES string of the molecule is CCN(CC(C)C#N)c1nccn(C2CC2)c1=O. The number of hydrogen-bond donors (Lipinski definition) is 0. The Balaban J connectivity index is 2.28. The molecule has 5 nitrogen and oxygen atoms in total. The molecule has 1 saturated carbocycles. The molecule has 0 aliphatic heterocycles. The molecule has 0 spiro atoms. The molecule has 2 rings (SSSR count). The van der Waals surface area contributed by atoms with Crippen molar-refractivity contribution in [2.24, 2.45) is 5.92 Å². The van der Waals surface area contributed by atoms with Crippen molar-refractivity contribution in [3.8, 4) is 6.07 Å². The van der Waals surface area contributed by atoms with Gasteiger partial charge in [-0.05, 0) is 26.7 Å². The third-order valence-corrected chi connectivity index (χ3v) is 3.19. The van der Waals surface area contributed by atoms with E-state index in [2.05, 4.69) is 11.1 Å². The Morgan fingerprint density at radius 3 is 2.94 bits per heavy atom. The summed E-state index contributed by atoms with van der Waals surface area (Å²) in [5, 5.41) is 8.87. The van der Waals surface area contributed by atoms with E-state index in [0.717, 1.165) is 12.8 Å². The first kappa shape index (κ1) is 12.6. The number of aromatic nitrogens is 2. The maximum absolute atomic E-state index is 12.3. The van der Waals surface area contributed by atoms with E-state index in [1.165, 1.54) is 0 Å². The zero-order valence-electron chi connectivity index (χ0n) is 10.8. The highest BCUT2D eigenvalue weighted by atomic mass is 16.1. The van der Waals surface area contributed by atoms with Crippen molar-refractivity contribution in [1.29, 1.82) is 5.26 Å². The normalized spacial score (nSPS) is 16.1. The third-order valence-electron chi connectivity index (χ3n) is 3.19. The standard InChI is InChI=1S/C13H18N4O/c1-3-16(9-10(2)8-14)12-13(18)17(7-6-15-12)11-4-5-11/h6-7,10-11H,3-5,9H2,1-2H3. The Bertz CT molecular complexity index is 512. The lowest BCUT2D eigenvalue weighted by atomic mass is 10.2. The largest absolute Gasteiger partial charge is 0.351 e. The third kappa shape index (κ3) is 2.53. The van der Waals surface area contributed by atoms with Crippen molar-refractivity contribution < 1.29 is 0 Å². The van der Waals surface area contributed by atoms with Gasteiger partial charge in [0, 0.05) is 31.5 Å². The molecule has 1 aliphatic carbocycles. The zero-order valence-corrected chi connectivity index (χ0v) is 10.8. The van der Waals surface area contributed by atoms with Gasteiger partial charge in [0.2, 0.25) is 0 Å². The predicted molar refractivity (Wildman–Crippen MR) is 69.4 cm³/mol. The van der Waals surface area contributed by atoms with E-state index in [9.17, 15) is 4.79 Å². The van der Waals surface area contributed by atoms with Gasteiger partial charge in [0.1, 0.15) is 0 Å². The van der Waals surface area contributed by atoms with Crippen LogP contribution in [-0.4, -0.2) is 22.6 Å². The summed E-state index contributed by atoms with van der Waals surface area (Å²) in [6.45, 7) is 5.05. The first-order valence-electron chi connectivity index (χ1n) is 6.39. The van der Waals surface area contributed by atoms with E-state index in [4.69, 9.17) is 5.26 Å². The highest BCUT2D eigenvalue weighted by Gasteiger charge is 2.26. The van der Waals surface area contributed by atoms with Gasteiger partial charge in [-0.15, -0.1) is 0 Å². The minimum atomic E-state index is -0.110. The van der Waals surface area contributed by atoms with Crippen LogP contribution in [0.4, 0.5) is 5.82 Å². The molecule has 1 fully saturated rings. The highest BCUT2D eigenvalue weighted by Crippen LogP contribution is 2.33. The molecular formula is C13H18N4O. The number of nitriles is 1. The van der Waals surface area contributed by atoms with Crippen LogP contribution in [0.2, 0.25) is 0 Å². The molecule has 0 N–H and O–H groups in total. The molecule has 0 bridgehead atoms. The van der Waals surface area contributed by atoms with Gasteiger partial charge in [-0.1, -0.05) is 0 Å². The Morgan fingerprint density at radius 1 is 1.67 bits per heavy atom. The van der Waals surface area contributed by atoms with Crippen LogP contribution in [0, 0.1) is 17.2 Å². The molecule has 1 unspecified atom stereocenters. The molecule has 0 saturated heterocycles. The second-order valence-corrected chi connectivity index (χ2v) is 4.76. The van der Waals surface area contributed by atoms with Crippen LogP contribution in [0.1, 0.15) is 32.7 Å². The van der Waals surface area contributed by atoms with E-state index >= 15 is 0 Å². The summed E-state index contributed by atoms with van der Waals surface area (Å²) < 4.78 is 1.77. The van der Waals surface area contributed by atoms with E-state index in [1.54, 1.807) is 17.0 Å². The molecule has 1 aromatic rings. The lowest BCUT2D eigenvalue weighted by Crippen LogP contribution is -2.35. The number of nitrogens with zero attached hydrogens (tertiary/aromatic N) is 4. The van der Waals surface area contributed by atoms with Crippen molar-refractivity contribution in [2.45, 2.75) is 32.7 Å². The van der Waals surface area contributed by atoms with Gasteiger partial charge >= 0.3 is 0 Å². The number of anilines is 1.